The summed E-state index contributed by atoms with van der Waals surface area (Å²) in [5.74, 6) is -5.35. The number of pyridine rings is 1. The molecule has 0 amide bonds. The largest absolute Gasteiger partial charge is 0.462 e. The van der Waals surface area contributed by atoms with Gasteiger partial charge in [-0.15, -0.1) is 0 Å². The fraction of sp³-hybridized carbons (Fsp3) is 0.167. The number of carbonyl (C=O) groups excluding carboxylic acids is 1. The van der Waals surface area contributed by atoms with Crippen LogP contribution in [0.4, 0.5) is 13.2 Å². The van der Waals surface area contributed by atoms with Crippen LogP contribution in [0.3, 0.4) is 0 Å². The van der Waals surface area contributed by atoms with E-state index in [0.29, 0.717) is 6.07 Å². The molecule has 0 unspecified atom stereocenters. The van der Waals surface area contributed by atoms with Gasteiger partial charge in [-0.3, -0.25) is 4.98 Å². The molecule has 2 rings (SSSR count). The highest BCUT2D eigenvalue weighted by atomic mass is 35.5. The van der Waals surface area contributed by atoms with E-state index in [-0.39, 0.29) is 22.7 Å². The zero-order valence-corrected chi connectivity index (χ0v) is 10.4. The SMILES string of the molecule is CCOC(=O)c1cnc2cc(F)c(F)c(F)c2c1Cl. The van der Waals surface area contributed by atoms with Gasteiger partial charge >= 0.3 is 5.97 Å². The molecule has 0 bridgehead atoms. The standard InChI is InChI=1S/C12H7ClF3NO2/c1-2-19-12(18)5-4-17-7-3-6(14)10(15)11(16)8(7)9(5)13/h3-4H,2H2,1H3. The van der Waals surface area contributed by atoms with Crippen LogP contribution >= 0.6 is 11.6 Å². The smallest absolute Gasteiger partial charge is 0.341 e. The summed E-state index contributed by atoms with van der Waals surface area (Å²) >= 11 is 5.83. The molecule has 0 saturated heterocycles. The van der Waals surface area contributed by atoms with Crippen molar-refractivity contribution in [1.82, 2.24) is 4.98 Å². The van der Waals surface area contributed by atoms with Crippen molar-refractivity contribution in [2.45, 2.75) is 6.92 Å². The van der Waals surface area contributed by atoms with Crippen molar-refractivity contribution in [3.8, 4) is 0 Å². The van der Waals surface area contributed by atoms with Crippen molar-refractivity contribution in [2.75, 3.05) is 6.61 Å². The molecule has 19 heavy (non-hydrogen) atoms. The second kappa shape index (κ2) is 5.05. The van der Waals surface area contributed by atoms with Crippen LogP contribution in [-0.2, 0) is 4.74 Å². The van der Waals surface area contributed by atoms with Gasteiger partial charge in [0.1, 0.15) is 0 Å². The van der Waals surface area contributed by atoms with Crippen molar-refractivity contribution in [2.24, 2.45) is 0 Å². The van der Waals surface area contributed by atoms with Crippen LogP contribution < -0.4 is 0 Å². The minimum Gasteiger partial charge on any atom is -0.462 e. The van der Waals surface area contributed by atoms with Gasteiger partial charge in [-0.2, -0.15) is 0 Å². The number of hydrogen-bond donors (Lipinski definition) is 0. The van der Waals surface area contributed by atoms with E-state index in [1.807, 2.05) is 0 Å². The van der Waals surface area contributed by atoms with E-state index in [4.69, 9.17) is 16.3 Å². The van der Waals surface area contributed by atoms with Crippen molar-refractivity contribution in [1.29, 1.82) is 0 Å². The lowest BCUT2D eigenvalue weighted by Gasteiger charge is -2.08. The Labute approximate surface area is 111 Å². The van der Waals surface area contributed by atoms with Crippen molar-refractivity contribution in [3.63, 3.8) is 0 Å². The van der Waals surface area contributed by atoms with Gasteiger partial charge in [-0.1, -0.05) is 11.6 Å². The van der Waals surface area contributed by atoms with E-state index in [2.05, 4.69) is 4.98 Å². The first kappa shape index (κ1) is 13.6. The third kappa shape index (κ3) is 2.23. The summed E-state index contributed by atoms with van der Waals surface area (Å²) in [4.78, 5) is 15.2. The fourth-order valence-corrected chi connectivity index (χ4v) is 1.88. The number of rotatable bonds is 2. The average Bonchev–Trinajstić information content (AvgIpc) is 2.36. The number of benzene rings is 1. The van der Waals surface area contributed by atoms with Gasteiger partial charge in [-0.05, 0) is 6.92 Å². The van der Waals surface area contributed by atoms with Gasteiger partial charge in [0, 0.05) is 12.3 Å². The number of hydrogen-bond acceptors (Lipinski definition) is 3. The van der Waals surface area contributed by atoms with Gasteiger partial charge in [0.05, 0.1) is 28.1 Å². The number of fused-ring (bicyclic) bond motifs is 1. The van der Waals surface area contributed by atoms with Crippen LogP contribution in [-0.4, -0.2) is 17.6 Å². The van der Waals surface area contributed by atoms with Crippen LogP contribution in [0.15, 0.2) is 12.3 Å². The first-order chi connectivity index (χ1) is 8.97. The number of carbonyl (C=O) groups is 1. The average molecular weight is 290 g/mol. The first-order valence-electron chi connectivity index (χ1n) is 5.26. The summed E-state index contributed by atoms with van der Waals surface area (Å²) in [6.45, 7) is 1.67. The Morgan fingerprint density at radius 3 is 2.68 bits per heavy atom. The molecule has 0 atom stereocenters. The monoisotopic (exact) mass is 289 g/mol. The molecule has 3 nitrogen and oxygen atoms in total. The van der Waals surface area contributed by atoms with Crippen LogP contribution in [0.25, 0.3) is 10.9 Å². The van der Waals surface area contributed by atoms with E-state index < -0.39 is 28.8 Å². The van der Waals surface area contributed by atoms with Gasteiger partial charge in [0.15, 0.2) is 17.5 Å². The van der Waals surface area contributed by atoms with E-state index in [0.717, 1.165) is 6.20 Å². The Balaban J connectivity index is 2.74. The van der Waals surface area contributed by atoms with E-state index in [1.54, 1.807) is 6.92 Å². The predicted molar refractivity (Wildman–Crippen MR) is 62.6 cm³/mol. The van der Waals surface area contributed by atoms with Crippen LogP contribution in [0.1, 0.15) is 17.3 Å². The Kier molecular flexibility index (Phi) is 3.61. The predicted octanol–water partition coefficient (Wildman–Crippen LogP) is 3.48. The number of ether oxygens (including phenoxy) is 1. The summed E-state index contributed by atoms with van der Waals surface area (Å²) in [6, 6.07) is 0.703. The van der Waals surface area contributed by atoms with Crippen LogP contribution in [0, 0.1) is 17.5 Å². The van der Waals surface area contributed by atoms with Crippen LogP contribution in [0.2, 0.25) is 5.02 Å². The lowest BCUT2D eigenvalue weighted by atomic mass is 10.1. The van der Waals surface area contributed by atoms with Crippen LogP contribution in [0.5, 0.6) is 0 Å². The molecule has 1 aromatic heterocycles. The third-order valence-electron chi connectivity index (χ3n) is 2.43. The maximum Gasteiger partial charge on any atom is 0.341 e. The Morgan fingerprint density at radius 1 is 1.37 bits per heavy atom. The quantitative estimate of drug-likeness (QED) is 0.627. The third-order valence-corrected chi connectivity index (χ3v) is 2.82. The first-order valence-corrected chi connectivity index (χ1v) is 5.64. The molecule has 1 aromatic carbocycles. The molecule has 7 heteroatoms. The summed E-state index contributed by atoms with van der Waals surface area (Å²) in [7, 11) is 0. The van der Waals surface area contributed by atoms with Gasteiger partial charge in [0.25, 0.3) is 0 Å². The van der Waals surface area contributed by atoms with E-state index in [1.165, 1.54) is 0 Å². The number of nitrogens with zero attached hydrogens (tertiary/aromatic N) is 1. The molecule has 0 saturated carbocycles. The Hall–Kier alpha value is -1.82. The molecular formula is C12H7ClF3NO2. The number of aromatic nitrogens is 1. The second-order valence-corrected chi connectivity index (χ2v) is 3.96. The number of halogens is 4. The van der Waals surface area contributed by atoms with Crippen molar-refractivity contribution in [3.05, 3.63) is 40.3 Å². The molecule has 2 aromatic rings. The summed E-state index contributed by atoms with van der Waals surface area (Å²) in [5.41, 5.74) is -0.393. The summed E-state index contributed by atoms with van der Waals surface area (Å²) < 4.78 is 44.6. The molecule has 0 aliphatic rings. The van der Waals surface area contributed by atoms with Gasteiger partial charge in [-0.25, -0.2) is 18.0 Å². The van der Waals surface area contributed by atoms with Gasteiger partial charge in [0.2, 0.25) is 0 Å². The Morgan fingerprint density at radius 2 is 2.05 bits per heavy atom. The molecule has 0 radical (unpaired) electrons. The van der Waals surface area contributed by atoms with E-state index in [9.17, 15) is 18.0 Å². The highest BCUT2D eigenvalue weighted by Gasteiger charge is 2.21. The molecule has 0 spiro atoms. The number of esters is 1. The van der Waals surface area contributed by atoms with E-state index >= 15 is 0 Å². The molecule has 0 fully saturated rings. The van der Waals surface area contributed by atoms with Crippen molar-refractivity contribution >= 4 is 28.5 Å². The van der Waals surface area contributed by atoms with Crippen molar-refractivity contribution < 1.29 is 22.7 Å². The molecule has 100 valence electrons. The molecule has 0 aliphatic heterocycles. The molecule has 0 N–H and O–H groups in total. The fourth-order valence-electron chi connectivity index (χ4n) is 1.57. The van der Waals surface area contributed by atoms with Gasteiger partial charge < -0.3 is 4.74 Å². The minimum absolute atomic E-state index is 0.0907. The maximum absolute atomic E-state index is 13.7. The zero-order valence-electron chi connectivity index (χ0n) is 9.64. The second-order valence-electron chi connectivity index (χ2n) is 3.59. The minimum atomic E-state index is -1.67. The highest BCUT2D eigenvalue weighted by Crippen LogP contribution is 2.30. The molecule has 0 aliphatic carbocycles. The normalized spacial score (nSPS) is 10.8. The molecular weight excluding hydrogens is 283 g/mol. The lowest BCUT2D eigenvalue weighted by molar-refractivity contribution is 0.0526. The Bertz CT molecular complexity index is 676. The lowest BCUT2D eigenvalue weighted by Crippen LogP contribution is -2.07. The summed E-state index contributed by atoms with van der Waals surface area (Å²) in [5, 5.41) is -0.814. The zero-order chi connectivity index (χ0) is 14.2. The topological polar surface area (TPSA) is 39.2 Å². The summed E-state index contributed by atoms with van der Waals surface area (Å²) in [6.07, 6.45) is 1.03. The molecule has 1 heterocycles. The maximum atomic E-state index is 13.7. The highest BCUT2D eigenvalue weighted by molar-refractivity contribution is 6.38.